The first kappa shape index (κ1) is 74.0. The van der Waals surface area contributed by atoms with Crippen LogP contribution in [-0.2, 0) is 0 Å². The number of para-hydroxylation sites is 4. The van der Waals surface area contributed by atoms with Crippen LogP contribution in [0.5, 0.6) is 0 Å². The van der Waals surface area contributed by atoms with Gasteiger partial charge in [0.2, 0.25) is 0 Å². The summed E-state index contributed by atoms with van der Waals surface area (Å²) in [5.41, 5.74) is 24.0. The van der Waals surface area contributed by atoms with Gasteiger partial charge >= 0.3 is 0 Å². The van der Waals surface area contributed by atoms with E-state index < -0.39 is 0 Å². The molecule has 0 aliphatic carbocycles. The summed E-state index contributed by atoms with van der Waals surface area (Å²) in [6.07, 6.45) is 0. The van der Waals surface area contributed by atoms with Crippen molar-refractivity contribution in [2.45, 2.75) is 27.7 Å². The molecular formula is C118H86N4. The van der Waals surface area contributed by atoms with Gasteiger partial charge in [-0.1, -0.05) is 350 Å². The quantitative estimate of drug-likeness (QED) is 0.0795. The first-order chi connectivity index (χ1) is 60.2. The van der Waals surface area contributed by atoms with Crippen LogP contribution in [0.4, 0.5) is 68.2 Å². The molecule has 0 unspecified atom stereocenters. The van der Waals surface area contributed by atoms with Crippen LogP contribution in [0.25, 0.3) is 130 Å². The molecule has 0 aliphatic rings. The lowest BCUT2D eigenvalue weighted by Gasteiger charge is -2.29. The van der Waals surface area contributed by atoms with Gasteiger partial charge in [-0.2, -0.15) is 0 Å². The Morgan fingerprint density at radius 2 is 0.328 bits per heavy atom. The van der Waals surface area contributed by atoms with Crippen LogP contribution in [0, 0.1) is 27.7 Å². The van der Waals surface area contributed by atoms with Gasteiger partial charge in [0, 0.05) is 67.0 Å². The molecule has 23 aromatic carbocycles. The Hall–Kier alpha value is -15.6. The highest BCUT2D eigenvalue weighted by Gasteiger charge is 2.26. The molecule has 0 heterocycles. The van der Waals surface area contributed by atoms with Crippen LogP contribution in [0.15, 0.2) is 449 Å². The molecule has 0 atom stereocenters. The maximum Gasteiger partial charge on any atom is 0.0540 e. The third-order valence-corrected chi connectivity index (χ3v) is 24.5. The van der Waals surface area contributed by atoms with E-state index in [9.17, 15) is 0 Å². The first-order valence-electron chi connectivity index (χ1n) is 42.2. The third-order valence-electron chi connectivity index (χ3n) is 24.5. The number of nitrogens with zero attached hydrogens (tertiary/aromatic N) is 4. The van der Waals surface area contributed by atoms with Crippen LogP contribution < -0.4 is 19.6 Å². The van der Waals surface area contributed by atoms with Crippen LogP contribution in [0.2, 0.25) is 0 Å². The van der Waals surface area contributed by atoms with Crippen LogP contribution in [0.1, 0.15) is 22.3 Å². The van der Waals surface area contributed by atoms with Crippen molar-refractivity contribution in [2.75, 3.05) is 19.6 Å². The van der Waals surface area contributed by atoms with Gasteiger partial charge < -0.3 is 19.6 Å². The van der Waals surface area contributed by atoms with Crippen molar-refractivity contribution in [3.63, 3.8) is 0 Å². The topological polar surface area (TPSA) is 13.0 Å². The molecule has 0 saturated carbocycles. The molecule has 0 fully saturated rings. The van der Waals surface area contributed by atoms with Gasteiger partial charge in [0.15, 0.2) is 0 Å². The molecule has 0 amide bonds. The zero-order valence-corrected chi connectivity index (χ0v) is 68.5. The molecule has 122 heavy (non-hydrogen) atoms. The molecule has 0 radical (unpaired) electrons. The minimum absolute atomic E-state index is 1.14. The van der Waals surface area contributed by atoms with Gasteiger partial charge in [0.05, 0.1) is 22.7 Å². The SMILES string of the molecule is Cc1ccc(N(c2ccc(C)cc2)c2ccc3ccc4c(N(c5ccc(C)cc5)c5ccc(C)cc5)ccc5ccc2c3c54)cc1.c1ccc(N(c2ccccc2)c2ccc3ccc4c(N(c5ccccc5)c5ccccc5)ccc5ccc2c3c54)cc1.c1ccc2c(-c3c4ccccc4c(-c4cccc5ccccc45)c4ccccc34)cccc2c1. The van der Waals surface area contributed by atoms with E-state index in [1.54, 1.807) is 0 Å². The minimum Gasteiger partial charge on any atom is -0.310 e. The van der Waals surface area contributed by atoms with E-state index in [2.05, 4.69) is 496 Å². The number of hydrogen-bond acceptors (Lipinski definition) is 4. The Morgan fingerprint density at radius 1 is 0.131 bits per heavy atom. The largest absolute Gasteiger partial charge is 0.310 e. The van der Waals surface area contributed by atoms with E-state index in [1.165, 1.54) is 175 Å². The standard InChI is InChI=1S/C44H36N2.C40H28N2.C34H22/c1-29-5-17-35(18-6-29)45(36-19-7-30(2)8-20-36)41-27-15-33-14-26-40-42(28-16-34-13-25-39(41)43(33)44(34)40)46(37-21-9-31(3)10-22-37)38-23-11-32(4)12-24-38;1-5-13-31(14-6-1)41(32-15-7-2-8-16-32)37-27-23-29-22-26-36-38(28-24-30-21-25-35(37)39(29)40(30)36)42(33-17-9-3-10-18-33)34-19-11-4-12-20-34;1-3-15-25-23(11-1)13-9-21-27(25)33-29-17-5-7-19-31(29)34(32-20-8-6-18-30(32)33)28-22-10-14-24-12-2-4-16-26(24)28/h5-28H,1-4H3;1-28H;1-22H. The summed E-state index contributed by atoms with van der Waals surface area (Å²) in [6, 6.07) is 163. The van der Waals surface area contributed by atoms with Gasteiger partial charge in [-0.3, -0.25) is 0 Å². The van der Waals surface area contributed by atoms with E-state index in [0.717, 1.165) is 45.5 Å². The summed E-state index contributed by atoms with van der Waals surface area (Å²) < 4.78 is 0. The van der Waals surface area contributed by atoms with Crippen molar-refractivity contribution in [3.05, 3.63) is 471 Å². The fourth-order valence-corrected chi connectivity index (χ4v) is 18.7. The zero-order chi connectivity index (χ0) is 81.7. The Balaban J connectivity index is 0.000000114. The molecule has 0 spiro atoms. The van der Waals surface area contributed by atoms with Crippen molar-refractivity contribution in [3.8, 4) is 22.3 Å². The monoisotopic (exact) mass is 1560 g/mol. The fourth-order valence-electron chi connectivity index (χ4n) is 18.7. The van der Waals surface area contributed by atoms with E-state index in [0.29, 0.717) is 0 Å². The summed E-state index contributed by atoms with van der Waals surface area (Å²) in [5.74, 6) is 0. The van der Waals surface area contributed by atoms with Crippen molar-refractivity contribution in [1.29, 1.82) is 0 Å². The molecular weight excluding hydrogens is 1470 g/mol. The maximum atomic E-state index is 2.40. The predicted octanol–water partition coefficient (Wildman–Crippen LogP) is 33.9. The van der Waals surface area contributed by atoms with E-state index in [4.69, 9.17) is 0 Å². The second-order valence-corrected chi connectivity index (χ2v) is 32.1. The third kappa shape index (κ3) is 13.4. The van der Waals surface area contributed by atoms with E-state index >= 15 is 0 Å². The van der Waals surface area contributed by atoms with Crippen LogP contribution in [0.3, 0.4) is 0 Å². The van der Waals surface area contributed by atoms with Crippen LogP contribution >= 0.6 is 0 Å². The minimum atomic E-state index is 1.14. The molecule has 578 valence electrons. The highest BCUT2D eigenvalue weighted by atomic mass is 15.2. The van der Waals surface area contributed by atoms with Crippen LogP contribution in [-0.4, -0.2) is 0 Å². The molecule has 4 nitrogen and oxygen atoms in total. The van der Waals surface area contributed by atoms with Crippen molar-refractivity contribution in [1.82, 2.24) is 0 Å². The summed E-state index contributed by atoms with van der Waals surface area (Å²) >= 11 is 0. The van der Waals surface area contributed by atoms with Gasteiger partial charge in [-0.05, 0) is 257 Å². The molecule has 23 aromatic rings. The summed E-state index contributed by atoms with van der Waals surface area (Å²) in [7, 11) is 0. The number of rotatable bonds is 14. The summed E-state index contributed by atoms with van der Waals surface area (Å²) in [4.78, 5) is 9.53. The lowest BCUT2D eigenvalue weighted by atomic mass is 9.84. The molecule has 0 aromatic heterocycles. The molecule has 23 rings (SSSR count). The summed E-state index contributed by atoms with van der Waals surface area (Å²) in [5, 5.41) is 25.4. The zero-order valence-electron chi connectivity index (χ0n) is 68.5. The Bertz CT molecular complexity index is 7070. The number of fused-ring (bicyclic) bond motifs is 4. The Morgan fingerprint density at radius 3 is 0.574 bits per heavy atom. The van der Waals surface area contributed by atoms with Crippen molar-refractivity contribution >= 4 is 176 Å². The Labute approximate surface area is 711 Å². The fraction of sp³-hybridized carbons (Fsp3) is 0.0339. The smallest absolute Gasteiger partial charge is 0.0540 e. The average Bonchev–Trinajstić information content (AvgIpc) is 0.346. The molecule has 0 aliphatic heterocycles. The number of hydrogen-bond donors (Lipinski definition) is 0. The van der Waals surface area contributed by atoms with Gasteiger partial charge in [-0.15, -0.1) is 0 Å². The molecule has 0 N–H and O–H groups in total. The maximum absolute atomic E-state index is 2.40. The lowest BCUT2D eigenvalue weighted by molar-refractivity contribution is 1.28. The van der Waals surface area contributed by atoms with Gasteiger partial charge in [0.25, 0.3) is 0 Å². The molecule has 4 heteroatoms. The van der Waals surface area contributed by atoms with E-state index in [1.807, 2.05) is 0 Å². The van der Waals surface area contributed by atoms with Crippen molar-refractivity contribution in [2.24, 2.45) is 0 Å². The predicted molar refractivity (Wildman–Crippen MR) is 525 cm³/mol. The second-order valence-electron chi connectivity index (χ2n) is 32.1. The lowest BCUT2D eigenvalue weighted by Crippen LogP contribution is -2.11. The van der Waals surface area contributed by atoms with Crippen molar-refractivity contribution < 1.29 is 0 Å². The normalized spacial score (nSPS) is 11.4. The molecule has 0 saturated heterocycles. The van der Waals surface area contributed by atoms with Gasteiger partial charge in [-0.25, -0.2) is 0 Å². The summed E-state index contributed by atoms with van der Waals surface area (Å²) in [6.45, 7) is 8.57. The molecule has 0 bridgehead atoms. The van der Waals surface area contributed by atoms with Gasteiger partial charge in [0.1, 0.15) is 0 Å². The first-order valence-corrected chi connectivity index (χ1v) is 42.2. The van der Waals surface area contributed by atoms with E-state index in [-0.39, 0.29) is 0 Å². The number of anilines is 12. The highest BCUT2D eigenvalue weighted by Crippen LogP contribution is 2.52. The highest BCUT2D eigenvalue weighted by molar-refractivity contribution is 6.31. The number of aryl methyl sites for hydroxylation is 4. The average molecular weight is 1560 g/mol. The Kier molecular flexibility index (Phi) is 19.2. The second kappa shape index (κ2) is 31.7. The number of benzene rings is 23.